The molecule has 0 saturated heterocycles. The molecule has 6 nitrogen and oxygen atoms in total. The lowest BCUT2D eigenvalue weighted by Crippen LogP contribution is -2.12. The molecule has 1 N–H and O–H groups in total. The third-order valence-electron chi connectivity index (χ3n) is 3.97. The fourth-order valence-corrected chi connectivity index (χ4v) is 3.54. The zero-order valence-electron chi connectivity index (χ0n) is 15.6. The van der Waals surface area contributed by atoms with Gasteiger partial charge in [0.2, 0.25) is 0 Å². The first-order valence-corrected chi connectivity index (χ1v) is 9.49. The summed E-state index contributed by atoms with van der Waals surface area (Å²) in [6, 6.07) is 8.91. The first-order chi connectivity index (χ1) is 13.0. The number of anilines is 1. The minimum atomic E-state index is -0.531. The summed E-state index contributed by atoms with van der Waals surface area (Å²) in [5, 5.41) is 12.4. The van der Waals surface area contributed by atoms with Crippen LogP contribution in [-0.2, 0) is 4.74 Å². The zero-order valence-corrected chi connectivity index (χ0v) is 16.4. The zero-order chi connectivity index (χ0) is 19.8. The van der Waals surface area contributed by atoms with Crippen molar-refractivity contribution in [1.29, 1.82) is 5.26 Å². The Bertz CT molecular complexity index is 867. The minimum absolute atomic E-state index is 0.265. The van der Waals surface area contributed by atoms with E-state index in [2.05, 4.69) is 12.2 Å². The fraction of sp³-hybridized carbons (Fsp3) is 0.350. The molecule has 0 unspecified atom stereocenters. The summed E-state index contributed by atoms with van der Waals surface area (Å²) in [4.78, 5) is 24.7. The Labute approximate surface area is 162 Å². The largest absolute Gasteiger partial charge is 0.494 e. The molecule has 0 radical (unpaired) electrons. The van der Waals surface area contributed by atoms with Crippen LogP contribution in [0.1, 0.15) is 57.3 Å². The van der Waals surface area contributed by atoms with Gasteiger partial charge in [0, 0.05) is 5.56 Å². The number of unbranched alkanes of at least 4 members (excludes halogenated alkanes) is 2. The van der Waals surface area contributed by atoms with E-state index in [1.165, 1.54) is 7.11 Å². The number of nitriles is 1. The number of esters is 1. The number of carbonyl (C=O) groups excluding carboxylic acids is 2. The number of ether oxygens (including phenoxy) is 2. The van der Waals surface area contributed by atoms with Gasteiger partial charge in [-0.3, -0.25) is 4.79 Å². The molecule has 1 amide bonds. The Morgan fingerprint density at radius 3 is 2.74 bits per heavy atom. The van der Waals surface area contributed by atoms with E-state index in [4.69, 9.17) is 9.47 Å². The molecule has 1 heterocycles. The van der Waals surface area contributed by atoms with Gasteiger partial charge >= 0.3 is 5.97 Å². The highest BCUT2D eigenvalue weighted by Crippen LogP contribution is 2.33. The van der Waals surface area contributed by atoms with E-state index in [-0.39, 0.29) is 11.5 Å². The molecule has 27 heavy (non-hydrogen) atoms. The molecule has 1 aromatic carbocycles. The van der Waals surface area contributed by atoms with Crippen molar-refractivity contribution in [2.75, 3.05) is 19.0 Å². The number of rotatable bonds is 8. The summed E-state index contributed by atoms with van der Waals surface area (Å²) in [6.45, 7) is 4.38. The number of nitrogens with one attached hydrogen (secondary N) is 1. The molecule has 0 aliphatic carbocycles. The highest BCUT2D eigenvalue weighted by Gasteiger charge is 2.22. The highest BCUT2D eigenvalue weighted by molar-refractivity contribution is 7.18. The summed E-state index contributed by atoms with van der Waals surface area (Å²) in [7, 11) is 1.28. The highest BCUT2D eigenvalue weighted by atomic mass is 32.1. The Balaban J connectivity index is 2.16. The lowest BCUT2D eigenvalue weighted by Gasteiger charge is -2.08. The summed E-state index contributed by atoms with van der Waals surface area (Å²) in [5.74, 6) is -0.281. The number of methoxy groups -OCH3 is 1. The van der Waals surface area contributed by atoms with E-state index in [0.717, 1.165) is 30.6 Å². The molecule has 142 valence electrons. The Morgan fingerprint density at radius 1 is 1.30 bits per heavy atom. The van der Waals surface area contributed by atoms with E-state index in [1.54, 1.807) is 31.2 Å². The normalized spacial score (nSPS) is 10.1. The van der Waals surface area contributed by atoms with Crippen molar-refractivity contribution >= 4 is 28.2 Å². The first kappa shape index (κ1) is 20.5. The van der Waals surface area contributed by atoms with Crippen LogP contribution in [0.25, 0.3) is 0 Å². The lowest BCUT2D eigenvalue weighted by molar-refractivity contribution is 0.0605. The van der Waals surface area contributed by atoms with Crippen LogP contribution in [0.4, 0.5) is 5.00 Å². The van der Waals surface area contributed by atoms with Crippen LogP contribution in [0.5, 0.6) is 5.75 Å². The Morgan fingerprint density at radius 2 is 2.07 bits per heavy atom. The topological polar surface area (TPSA) is 88.4 Å². The average molecular weight is 386 g/mol. The van der Waals surface area contributed by atoms with Gasteiger partial charge in [-0.05, 0) is 37.1 Å². The van der Waals surface area contributed by atoms with Crippen LogP contribution in [-0.4, -0.2) is 25.6 Å². The molecule has 0 saturated carbocycles. The predicted octanol–water partition coefficient (Wildman–Crippen LogP) is 4.54. The molecule has 0 fully saturated rings. The van der Waals surface area contributed by atoms with Crippen molar-refractivity contribution in [2.45, 2.75) is 33.1 Å². The van der Waals surface area contributed by atoms with E-state index in [0.29, 0.717) is 33.4 Å². The number of thiophene rings is 1. The van der Waals surface area contributed by atoms with Gasteiger partial charge in [0.15, 0.2) is 0 Å². The minimum Gasteiger partial charge on any atom is -0.494 e. The monoisotopic (exact) mass is 386 g/mol. The summed E-state index contributed by atoms with van der Waals surface area (Å²) >= 11 is 1.03. The van der Waals surface area contributed by atoms with Crippen molar-refractivity contribution in [3.63, 3.8) is 0 Å². The lowest BCUT2D eigenvalue weighted by atomic mass is 10.1. The molecule has 0 aliphatic heterocycles. The second-order valence-electron chi connectivity index (χ2n) is 5.90. The van der Waals surface area contributed by atoms with Crippen LogP contribution in [0.2, 0.25) is 0 Å². The molecule has 1 aromatic heterocycles. The third kappa shape index (κ3) is 5.08. The van der Waals surface area contributed by atoms with Gasteiger partial charge in [-0.15, -0.1) is 11.3 Å². The van der Waals surface area contributed by atoms with Crippen molar-refractivity contribution < 1.29 is 19.1 Å². The van der Waals surface area contributed by atoms with E-state index >= 15 is 0 Å². The maximum atomic E-state index is 12.6. The van der Waals surface area contributed by atoms with Gasteiger partial charge < -0.3 is 14.8 Å². The summed E-state index contributed by atoms with van der Waals surface area (Å²) in [5.41, 5.74) is 1.18. The molecule has 2 aromatic rings. The van der Waals surface area contributed by atoms with Crippen LogP contribution in [0.15, 0.2) is 24.3 Å². The van der Waals surface area contributed by atoms with Gasteiger partial charge in [0.05, 0.1) is 19.3 Å². The number of hydrogen-bond acceptors (Lipinski definition) is 6. The number of nitrogens with zero attached hydrogens (tertiary/aromatic N) is 1. The molecule has 0 aliphatic rings. The summed E-state index contributed by atoms with van der Waals surface area (Å²) in [6.07, 6.45) is 3.17. The van der Waals surface area contributed by atoms with Crippen LogP contribution in [0.3, 0.4) is 0 Å². The van der Waals surface area contributed by atoms with Crippen LogP contribution >= 0.6 is 11.3 Å². The van der Waals surface area contributed by atoms with Gasteiger partial charge in [0.25, 0.3) is 5.91 Å². The maximum absolute atomic E-state index is 12.6. The van der Waals surface area contributed by atoms with Crippen molar-refractivity contribution in [3.05, 3.63) is 45.8 Å². The second kappa shape index (κ2) is 9.74. The third-order valence-corrected chi connectivity index (χ3v) is 5.16. The molecular formula is C20H22N2O4S. The molecular weight excluding hydrogens is 364 g/mol. The van der Waals surface area contributed by atoms with Gasteiger partial charge in [-0.1, -0.05) is 25.8 Å². The van der Waals surface area contributed by atoms with Gasteiger partial charge in [-0.25, -0.2) is 4.79 Å². The van der Waals surface area contributed by atoms with Crippen molar-refractivity contribution in [1.82, 2.24) is 0 Å². The van der Waals surface area contributed by atoms with E-state index in [9.17, 15) is 14.9 Å². The summed E-state index contributed by atoms with van der Waals surface area (Å²) < 4.78 is 10.4. The van der Waals surface area contributed by atoms with Crippen molar-refractivity contribution in [2.24, 2.45) is 0 Å². The number of amides is 1. The smallest absolute Gasteiger partial charge is 0.348 e. The Hall–Kier alpha value is -2.85. The molecule has 2 rings (SSSR count). The maximum Gasteiger partial charge on any atom is 0.348 e. The van der Waals surface area contributed by atoms with E-state index < -0.39 is 5.97 Å². The molecule has 0 atom stereocenters. The number of benzene rings is 1. The molecule has 7 heteroatoms. The predicted molar refractivity (Wildman–Crippen MR) is 105 cm³/mol. The number of hydrogen-bond donors (Lipinski definition) is 1. The van der Waals surface area contributed by atoms with Gasteiger partial charge in [-0.2, -0.15) is 5.26 Å². The van der Waals surface area contributed by atoms with Crippen LogP contribution < -0.4 is 10.1 Å². The quantitative estimate of drug-likeness (QED) is 0.532. The average Bonchev–Trinajstić information content (AvgIpc) is 3.00. The van der Waals surface area contributed by atoms with Crippen molar-refractivity contribution in [3.8, 4) is 11.8 Å². The Kier molecular flexibility index (Phi) is 7.38. The van der Waals surface area contributed by atoms with Crippen LogP contribution in [0, 0.1) is 18.3 Å². The standard InChI is InChI=1S/C20H22N2O4S/c1-4-5-6-10-26-15-9-7-8-14(11-15)18(23)22-19-16(12-21)13(2)17(27-19)20(24)25-3/h7-9,11H,4-6,10H2,1-3H3,(H,22,23). The number of carbonyl (C=O) groups is 2. The van der Waals surface area contributed by atoms with E-state index in [1.807, 2.05) is 6.07 Å². The SMILES string of the molecule is CCCCCOc1cccc(C(=O)Nc2sc(C(=O)OC)c(C)c2C#N)c1. The molecule has 0 bridgehead atoms. The van der Waals surface area contributed by atoms with Gasteiger partial charge in [0.1, 0.15) is 21.7 Å². The second-order valence-corrected chi connectivity index (χ2v) is 6.92. The first-order valence-electron chi connectivity index (χ1n) is 8.67. The fourth-order valence-electron chi connectivity index (χ4n) is 2.47. The molecule has 0 spiro atoms.